The van der Waals surface area contributed by atoms with Gasteiger partial charge in [-0.3, -0.25) is 0 Å². The van der Waals surface area contributed by atoms with Crippen LogP contribution in [0.25, 0.3) is 0 Å². The highest BCUT2D eigenvalue weighted by Gasteiger charge is 2.34. The number of ether oxygens (including phenoxy) is 2. The highest BCUT2D eigenvalue weighted by atomic mass is 16.7. The predicted molar refractivity (Wildman–Crippen MR) is 95.5 cm³/mol. The second-order valence-electron chi connectivity index (χ2n) is 6.59. The first-order valence-electron chi connectivity index (χ1n) is 9.69. The number of carbonyl (C=O) groups is 1. The third kappa shape index (κ3) is 9.93. The lowest BCUT2D eigenvalue weighted by Gasteiger charge is -2.27. The SMILES string of the molecule is CCCCCCC1(CCCCCC/C=C/CCC=O)OCCO1. The van der Waals surface area contributed by atoms with Crippen molar-refractivity contribution in [3.63, 3.8) is 0 Å². The zero-order valence-electron chi connectivity index (χ0n) is 15.1. The summed E-state index contributed by atoms with van der Waals surface area (Å²) < 4.78 is 11.9. The van der Waals surface area contributed by atoms with Gasteiger partial charge in [0.15, 0.2) is 5.79 Å². The first-order chi connectivity index (χ1) is 11.3. The van der Waals surface area contributed by atoms with Crippen LogP contribution >= 0.6 is 0 Å². The summed E-state index contributed by atoms with van der Waals surface area (Å²) in [5, 5.41) is 0. The molecular formula is C20H36O3. The summed E-state index contributed by atoms with van der Waals surface area (Å²) in [5.41, 5.74) is 0. The number of unbranched alkanes of at least 4 members (excludes halogenated alkanes) is 8. The van der Waals surface area contributed by atoms with Gasteiger partial charge in [0.25, 0.3) is 0 Å². The number of rotatable bonds is 15. The molecule has 1 fully saturated rings. The van der Waals surface area contributed by atoms with E-state index in [9.17, 15) is 4.79 Å². The van der Waals surface area contributed by atoms with Crippen molar-refractivity contribution in [2.75, 3.05) is 13.2 Å². The average molecular weight is 325 g/mol. The second kappa shape index (κ2) is 13.7. The molecule has 0 atom stereocenters. The highest BCUT2D eigenvalue weighted by Crippen LogP contribution is 2.31. The van der Waals surface area contributed by atoms with Gasteiger partial charge in [-0.2, -0.15) is 0 Å². The monoisotopic (exact) mass is 324 g/mol. The summed E-state index contributed by atoms with van der Waals surface area (Å²) in [6.07, 6.45) is 20.2. The Morgan fingerprint density at radius 1 is 0.783 bits per heavy atom. The lowest BCUT2D eigenvalue weighted by molar-refractivity contribution is -0.168. The summed E-state index contributed by atoms with van der Waals surface area (Å²) in [6, 6.07) is 0. The maximum absolute atomic E-state index is 10.2. The third-order valence-electron chi connectivity index (χ3n) is 4.52. The fourth-order valence-electron chi connectivity index (χ4n) is 3.14. The molecule has 0 unspecified atom stereocenters. The zero-order valence-corrected chi connectivity index (χ0v) is 15.1. The summed E-state index contributed by atoms with van der Waals surface area (Å²) in [6.45, 7) is 3.77. The predicted octanol–water partition coefficient (Wildman–Crippen LogP) is 5.58. The minimum Gasteiger partial charge on any atom is -0.348 e. The van der Waals surface area contributed by atoms with E-state index in [1.807, 2.05) is 0 Å². The highest BCUT2D eigenvalue weighted by molar-refractivity contribution is 5.49. The van der Waals surface area contributed by atoms with Crippen LogP contribution in [0.5, 0.6) is 0 Å². The summed E-state index contributed by atoms with van der Waals surface area (Å²) in [4.78, 5) is 10.2. The second-order valence-corrected chi connectivity index (χ2v) is 6.59. The van der Waals surface area contributed by atoms with E-state index in [2.05, 4.69) is 19.1 Å². The molecule has 3 nitrogen and oxygen atoms in total. The first kappa shape index (κ1) is 20.4. The van der Waals surface area contributed by atoms with Crippen LogP contribution in [0.15, 0.2) is 12.2 Å². The third-order valence-corrected chi connectivity index (χ3v) is 4.52. The molecule has 0 aromatic heterocycles. The Bertz CT molecular complexity index is 306. The molecule has 1 rings (SSSR count). The Hall–Kier alpha value is -0.670. The Morgan fingerprint density at radius 2 is 1.39 bits per heavy atom. The minimum atomic E-state index is -0.261. The van der Waals surface area contributed by atoms with Gasteiger partial charge in [-0.15, -0.1) is 0 Å². The zero-order chi connectivity index (χ0) is 16.6. The molecule has 1 aliphatic heterocycles. The van der Waals surface area contributed by atoms with Crippen LogP contribution in [0.2, 0.25) is 0 Å². The Morgan fingerprint density at radius 3 is 2.04 bits per heavy atom. The molecule has 134 valence electrons. The van der Waals surface area contributed by atoms with Gasteiger partial charge in [-0.05, 0) is 32.1 Å². The van der Waals surface area contributed by atoms with Crippen LogP contribution in [0.1, 0.15) is 90.4 Å². The molecule has 0 spiro atoms. The molecule has 0 aliphatic carbocycles. The number of hydrogen-bond donors (Lipinski definition) is 0. The van der Waals surface area contributed by atoms with Crippen LogP contribution in [0.3, 0.4) is 0 Å². The summed E-state index contributed by atoms with van der Waals surface area (Å²) >= 11 is 0. The Kier molecular flexibility index (Phi) is 12.2. The number of allylic oxidation sites excluding steroid dienone is 2. The van der Waals surface area contributed by atoms with Gasteiger partial charge in [-0.1, -0.05) is 51.2 Å². The normalized spacial score (nSPS) is 17.1. The molecule has 0 saturated carbocycles. The van der Waals surface area contributed by atoms with Crippen molar-refractivity contribution < 1.29 is 14.3 Å². The molecule has 0 bridgehead atoms. The van der Waals surface area contributed by atoms with Crippen molar-refractivity contribution in [3.8, 4) is 0 Å². The maximum Gasteiger partial charge on any atom is 0.168 e. The molecule has 23 heavy (non-hydrogen) atoms. The van der Waals surface area contributed by atoms with Crippen molar-refractivity contribution in [1.82, 2.24) is 0 Å². The van der Waals surface area contributed by atoms with Crippen LogP contribution in [0, 0.1) is 0 Å². The van der Waals surface area contributed by atoms with E-state index >= 15 is 0 Å². The van der Waals surface area contributed by atoms with Gasteiger partial charge in [0.1, 0.15) is 6.29 Å². The van der Waals surface area contributed by atoms with Gasteiger partial charge < -0.3 is 14.3 Å². The number of carbonyl (C=O) groups excluding carboxylic acids is 1. The number of aldehydes is 1. The van der Waals surface area contributed by atoms with Crippen molar-refractivity contribution in [3.05, 3.63) is 12.2 Å². The van der Waals surface area contributed by atoms with Crippen LogP contribution in [0.4, 0.5) is 0 Å². The standard InChI is InChI=1S/C20H36O3/c1-2-3-4-12-15-20(22-18-19-23-20)16-13-10-8-6-5-7-9-11-14-17-21/h7,9,17H,2-6,8,10-16,18-19H2,1H3/b9-7+. The van der Waals surface area contributed by atoms with Gasteiger partial charge in [-0.25, -0.2) is 0 Å². The van der Waals surface area contributed by atoms with E-state index in [-0.39, 0.29) is 5.79 Å². The van der Waals surface area contributed by atoms with E-state index in [0.29, 0.717) is 6.42 Å². The van der Waals surface area contributed by atoms with E-state index in [1.54, 1.807) is 0 Å². The van der Waals surface area contributed by atoms with Crippen LogP contribution in [-0.2, 0) is 14.3 Å². The molecule has 1 saturated heterocycles. The summed E-state index contributed by atoms with van der Waals surface area (Å²) in [5.74, 6) is -0.261. The lowest BCUT2D eigenvalue weighted by atomic mass is 9.99. The lowest BCUT2D eigenvalue weighted by Crippen LogP contribution is -2.30. The van der Waals surface area contributed by atoms with Gasteiger partial charge in [0.05, 0.1) is 13.2 Å². The van der Waals surface area contributed by atoms with Crippen molar-refractivity contribution in [1.29, 1.82) is 0 Å². The Balaban J connectivity index is 2.04. The molecular weight excluding hydrogens is 288 g/mol. The Labute approximate surface area is 142 Å². The summed E-state index contributed by atoms with van der Waals surface area (Å²) in [7, 11) is 0. The van der Waals surface area contributed by atoms with E-state index in [4.69, 9.17) is 9.47 Å². The van der Waals surface area contributed by atoms with E-state index in [1.165, 1.54) is 51.4 Å². The van der Waals surface area contributed by atoms with Crippen LogP contribution in [-0.4, -0.2) is 25.3 Å². The average Bonchev–Trinajstić information content (AvgIpc) is 3.02. The molecule has 0 aromatic rings. The van der Waals surface area contributed by atoms with Crippen molar-refractivity contribution >= 4 is 6.29 Å². The van der Waals surface area contributed by atoms with Gasteiger partial charge >= 0.3 is 0 Å². The fraction of sp³-hybridized carbons (Fsp3) is 0.850. The first-order valence-corrected chi connectivity index (χ1v) is 9.69. The maximum atomic E-state index is 10.2. The fourth-order valence-corrected chi connectivity index (χ4v) is 3.14. The van der Waals surface area contributed by atoms with E-state index < -0.39 is 0 Å². The van der Waals surface area contributed by atoms with Crippen molar-refractivity contribution in [2.24, 2.45) is 0 Å². The largest absolute Gasteiger partial charge is 0.348 e. The quantitative estimate of drug-likeness (QED) is 0.224. The smallest absolute Gasteiger partial charge is 0.168 e. The molecule has 0 aromatic carbocycles. The molecule has 3 heteroatoms. The molecule has 0 radical (unpaired) electrons. The molecule has 1 heterocycles. The molecule has 0 amide bonds. The van der Waals surface area contributed by atoms with Crippen LogP contribution < -0.4 is 0 Å². The minimum absolute atomic E-state index is 0.261. The van der Waals surface area contributed by atoms with Gasteiger partial charge in [0, 0.05) is 19.3 Å². The number of hydrogen-bond acceptors (Lipinski definition) is 3. The van der Waals surface area contributed by atoms with Gasteiger partial charge in [0.2, 0.25) is 0 Å². The topological polar surface area (TPSA) is 35.5 Å². The van der Waals surface area contributed by atoms with E-state index in [0.717, 1.165) is 45.2 Å². The molecule has 0 N–H and O–H groups in total. The van der Waals surface area contributed by atoms with Crippen molar-refractivity contribution in [2.45, 2.75) is 96.2 Å². The molecule has 1 aliphatic rings.